The van der Waals surface area contributed by atoms with Gasteiger partial charge < -0.3 is 20.1 Å². The smallest absolute Gasteiger partial charge is 0.338 e. The van der Waals surface area contributed by atoms with Gasteiger partial charge in [-0.15, -0.1) is 0 Å². The number of urea groups is 1. The topological polar surface area (TPSA) is 97.0 Å². The Hall–Kier alpha value is -4.17. The van der Waals surface area contributed by atoms with Crippen LogP contribution in [0.1, 0.15) is 42.2 Å². The van der Waals surface area contributed by atoms with Crippen LogP contribution in [0.4, 0.5) is 10.5 Å². The van der Waals surface area contributed by atoms with Crippen molar-refractivity contribution in [2.75, 3.05) is 32.2 Å². The van der Waals surface area contributed by atoms with Gasteiger partial charge in [0, 0.05) is 30.6 Å². The zero-order valence-electron chi connectivity index (χ0n) is 21.2. The lowest BCUT2D eigenvalue weighted by Gasteiger charge is -2.35. The second-order valence-electron chi connectivity index (χ2n) is 8.76. The average molecular weight is 502 g/mol. The molecule has 0 aromatic heterocycles. The summed E-state index contributed by atoms with van der Waals surface area (Å²) in [6.07, 6.45) is 0.743. The van der Waals surface area contributed by atoms with E-state index < -0.39 is 12.0 Å². The molecule has 0 saturated carbocycles. The number of nitrogens with one attached hydrogen (secondary N) is 2. The number of fused-ring (bicyclic) bond motifs is 1. The highest BCUT2D eigenvalue weighted by Gasteiger charge is 2.36. The molecule has 8 nitrogen and oxygen atoms in total. The first-order chi connectivity index (χ1) is 17.9. The molecule has 0 aliphatic carbocycles. The second-order valence-corrected chi connectivity index (χ2v) is 8.76. The molecule has 1 aliphatic heterocycles. The van der Waals surface area contributed by atoms with E-state index in [1.54, 1.807) is 42.2 Å². The van der Waals surface area contributed by atoms with Crippen molar-refractivity contribution >= 4 is 34.4 Å². The van der Waals surface area contributed by atoms with Gasteiger partial charge in [0.2, 0.25) is 0 Å². The number of carbonyl (C=O) groups is 3. The van der Waals surface area contributed by atoms with Crippen LogP contribution in [0.15, 0.2) is 78.0 Å². The molecule has 2 N–H and O–H groups in total. The lowest BCUT2D eigenvalue weighted by atomic mass is 9.94. The van der Waals surface area contributed by atoms with E-state index in [-0.39, 0.29) is 25.2 Å². The number of amides is 3. The van der Waals surface area contributed by atoms with E-state index >= 15 is 0 Å². The fourth-order valence-corrected chi connectivity index (χ4v) is 4.46. The summed E-state index contributed by atoms with van der Waals surface area (Å²) in [4.78, 5) is 40.4. The van der Waals surface area contributed by atoms with E-state index in [9.17, 15) is 14.4 Å². The molecule has 0 fully saturated rings. The molecule has 1 atom stereocenters. The van der Waals surface area contributed by atoms with Gasteiger partial charge in [-0.2, -0.15) is 0 Å². The number of allylic oxidation sites excluding steroid dienone is 1. The third kappa shape index (κ3) is 5.65. The van der Waals surface area contributed by atoms with E-state index in [2.05, 4.69) is 10.6 Å². The summed E-state index contributed by atoms with van der Waals surface area (Å²) < 4.78 is 10.4. The van der Waals surface area contributed by atoms with Crippen molar-refractivity contribution in [1.29, 1.82) is 0 Å². The van der Waals surface area contributed by atoms with Gasteiger partial charge in [-0.1, -0.05) is 55.5 Å². The number of rotatable bonds is 9. The zero-order chi connectivity index (χ0) is 26.4. The fraction of sp³-hybridized carbons (Fsp3) is 0.276. The Morgan fingerprint density at radius 2 is 1.73 bits per heavy atom. The van der Waals surface area contributed by atoms with E-state index in [0.29, 0.717) is 34.6 Å². The van der Waals surface area contributed by atoms with Gasteiger partial charge in [-0.3, -0.25) is 9.69 Å². The standard InChI is InChI=1S/C29H31N3O5/c1-4-16-32-19(2)25(28(34)37-18-17-36-3)26(31-29(32)35)21-12-14-22(15-13-21)30-27(33)24-11-7-9-20-8-5-6-10-23(20)24/h5-15,26H,4,16-18H2,1-3H3,(H,30,33)(H,31,35)/t26-/m1/s1. The Labute approximate surface area is 216 Å². The average Bonchev–Trinajstić information content (AvgIpc) is 2.91. The summed E-state index contributed by atoms with van der Waals surface area (Å²) in [7, 11) is 1.53. The summed E-state index contributed by atoms with van der Waals surface area (Å²) >= 11 is 0. The van der Waals surface area contributed by atoms with Crippen LogP contribution in [-0.2, 0) is 14.3 Å². The van der Waals surface area contributed by atoms with Crippen LogP contribution in [-0.4, -0.2) is 49.7 Å². The molecule has 0 saturated heterocycles. The first-order valence-electron chi connectivity index (χ1n) is 12.3. The van der Waals surface area contributed by atoms with Crippen molar-refractivity contribution in [2.24, 2.45) is 0 Å². The lowest BCUT2D eigenvalue weighted by molar-refractivity contribution is -0.140. The number of nitrogens with zero attached hydrogens (tertiary/aromatic N) is 1. The third-order valence-electron chi connectivity index (χ3n) is 6.32. The van der Waals surface area contributed by atoms with Crippen molar-refractivity contribution in [1.82, 2.24) is 10.2 Å². The van der Waals surface area contributed by atoms with Gasteiger partial charge in [0.25, 0.3) is 5.91 Å². The van der Waals surface area contributed by atoms with E-state index in [4.69, 9.17) is 9.47 Å². The maximum atomic E-state index is 13.0. The van der Waals surface area contributed by atoms with Crippen LogP contribution >= 0.6 is 0 Å². The Morgan fingerprint density at radius 1 is 1.00 bits per heavy atom. The summed E-state index contributed by atoms with van der Waals surface area (Å²) in [6, 6.07) is 19.5. The van der Waals surface area contributed by atoms with Crippen LogP contribution in [0.5, 0.6) is 0 Å². The molecule has 0 radical (unpaired) electrons. The van der Waals surface area contributed by atoms with Gasteiger partial charge in [-0.05, 0) is 47.9 Å². The number of methoxy groups -OCH3 is 1. The number of hydrogen-bond acceptors (Lipinski definition) is 5. The molecule has 1 heterocycles. The SMILES string of the molecule is CCCN1C(=O)N[C@H](c2ccc(NC(=O)c3cccc4ccccc34)cc2)C(C(=O)OCCOC)=C1C. The van der Waals surface area contributed by atoms with Gasteiger partial charge >= 0.3 is 12.0 Å². The van der Waals surface area contributed by atoms with E-state index in [1.807, 2.05) is 43.3 Å². The molecule has 0 spiro atoms. The molecule has 3 amide bonds. The highest BCUT2D eigenvalue weighted by molar-refractivity contribution is 6.12. The third-order valence-corrected chi connectivity index (χ3v) is 6.32. The number of benzene rings is 3. The largest absolute Gasteiger partial charge is 0.460 e. The summed E-state index contributed by atoms with van der Waals surface area (Å²) in [6.45, 7) is 4.60. The summed E-state index contributed by atoms with van der Waals surface area (Å²) in [5.74, 6) is -0.724. The minimum absolute atomic E-state index is 0.111. The molecular formula is C29H31N3O5. The van der Waals surface area contributed by atoms with E-state index in [1.165, 1.54) is 7.11 Å². The zero-order valence-corrected chi connectivity index (χ0v) is 21.2. The predicted octanol–water partition coefficient (Wildman–Crippen LogP) is 5.03. The number of esters is 1. The van der Waals surface area contributed by atoms with Crippen LogP contribution in [0, 0.1) is 0 Å². The van der Waals surface area contributed by atoms with Crippen molar-refractivity contribution in [2.45, 2.75) is 26.3 Å². The molecule has 192 valence electrons. The summed E-state index contributed by atoms with van der Waals surface area (Å²) in [5.41, 5.74) is 2.81. The number of anilines is 1. The maximum absolute atomic E-state index is 13.0. The lowest BCUT2D eigenvalue weighted by Crippen LogP contribution is -2.48. The van der Waals surface area contributed by atoms with Crippen molar-refractivity contribution < 1.29 is 23.9 Å². The highest BCUT2D eigenvalue weighted by atomic mass is 16.6. The first kappa shape index (κ1) is 25.9. The molecule has 37 heavy (non-hydrogen) atoms. The Balaban J connectivity index is 1.58. The predicted molar refractivity (Wildman–Crippen MR) is 142 cm³/mol. The van der Waals surface area contributed by atoms with E-state index in [0.717, 1.165) is 17.2 Å². The van der Waals surface area contributed by atoms with Crippen LogP contribution in [0.2, 0.25) is 0 Å². The Bertz CT molecular complexity index is 1330. The van der Waals surface area contributed by atoms with Gasteiger partial charge in [0.05, 0.1) is 18.2 Å². The molecule has 3 aromatic rings. The van der Waals surface area contributed by atoms with Crippen molar-refractivity contribution in [3.63, 3.8) is 0 Å². The van der Waals surface area contributed by atoms with Crippen LogP contribution in [0.3, 0.4) is 0 Å². The molecule has 4 rings (SSSR count). The molecule has 1 aliphatic rings. The molecule has 8 heteroatoms. The van der Waals surface area contributed by atoms with Gasteiger partial charge in [-0.25, -0.2) is 9.59 Å². The quantitative estimate of drug-likeness (QED) is 0.317. The fourth-order valence-electron chi connectivity index (χ4n) is 4.46. The van der Waals surface area contributed by atoms with Gasteiger partial charge in [0.1, 0.15) is 6.61 Å². The molecule has 3 aromatic carbocycles. The number of hydrogen-bond donors (Lipinski definition) is 2. The first-order valence-corrected chi connectivity index (χ1v) is 12.3. The second kappa shape index (κ2) is 11.7. The number of ether oxygens (including phenoxy) is 2. The Morgan fingerprint density at radius 3 is 2.46 bits per heavy atom. The number of carbonyl (C=O) groups excluding carboxylic acids is 3. The van der Waals surface area contributed by atoms with Crippen LogP contribution in [0.25, 0.3) is 10.8 Å². The molecule has 0 unspecified atom stereocenters. The summed E-state index contributed by atoms with van der Waals surface area (Å²) in [5, 5.41) is 7.74. The highest BCUT2D eigenvalue weighted by Crippen LogP contribution is 2.32. The monoisotopic (exact) mass is 501 g/mol. The Kier molecular flexibility index (Phi) is 8.20. The molecule has 0 bridgehead atoms. The maximum Gasteiger partial charge on any atom is 0.338 e. The minimum atomic E-state index is -0.682. The normalized spacial score (nSPS) is 15.5. The van der Waals surface area contributed by atoms with Crippen molar-refractivity contribution in [3.05, 3.63) is 89.1 Å². The van der Waals surface area contributed by atoms with Gasteiger partial charge in [0.15, 0.2) is 0 Å². The minimum Gasteiger partial charge on any atom is -0.460 e. The van der Waals surface area contributed by atoms with Crippen LogP contribution < -0.4 is 10.6 Å². The molecular weight excluding hydrogens is 470 g/mol. The van der Waals surface area contributed by atoms with Crippen molar-refractivity contribution in [3.8, 4) is 0 Å².